The van der Waals surface area contributed by atoms with Crippen molar-refractivity contribution in [3.8, 4) is 5.75 Å². The smallest absolute Gasteiger partial charge is 0.255 e. The summed E-state index contributed by atoms with van der Waals surface area (Å²) in [5.41, 5.74) is 1.84. The highest BCUT2D eigenvalue weighted by Gasteiger charge is 2.16. The summed E-state index contributed by atoms with van der Waals surface area (Å²) in [6.45, 7) is 0. The van der Waals surface area contributed by atoms with Crippen LogP contribution in [0.4, 0.5) is 11.4 Å². The molecule has 0 radical (unpaired) electrons. The normalized spacial score (nSPS) is 13.5. The maximum absolute atomic E-state index is 12.4. The standard InChI is InChI=1S/C17H16N2O3S/c1-22-13-4-2-3-12(10-13)18-17(21)11-5-6-15-14(9-11)19-16(20)7-8-23-15/h2-6,9-10H,7-8H2,1H3,(H,18,21)(H,19,20). The zero-order valence-electron chi connectivity index (χ0n) is 12.6. The molecule has 0 spiro atoms. The second-order valence-corrected chi connectivity index (χ2v) is 6.18. The van der Waals surface area contributed by atoms with Gasteiger partial charge in [-0.1, -0.05) is 6.07 Å². The summed E-state index contributed by atoms with van der Waals surface area (Å²) in [5.74, 6) is 1.16. The molecule has 23 heavy (non-hydrogen) atoms. The van der Waals surface area contributed by atoms with Gasteiger partial charge >= 0.3 is 0 Å². The number of thioether (sulfide) groups is 1. The molecule has 0 saturated carbocycles. The molecule has 2 aromatic rings. The number of hydrogen-bond acceptors (Lipinski definition) is 4. The number of benzene rings is 2. The molecule has 118 valence electrons. The van der Waals surface area contributed by atoms with E-state index in [1.165, 1.54) is 0 Å². The predicted octanol–water partition coefficient (Wildman–Crippen LogP) is 3.38. The summed E-state index contributed by atoms with van der Waals surface area (Å²) in [7, 11) is 1.58. The molecule has 1 heterocycles. The van der Waals surface area contributed by atoms with Crippen molar-refractivity contribution in [3.63, 3.8) is 0 Å². The van der Waals surface area contributed by atoms with E-state index in [1.807, 2.05) is 18.2 Å². The van der Waals surface area contributed by atoms with E-state index in [0.717, 1.165) is 10.6 Å². The van der Waals surface area contributed by atoms with Gasteiger partial charge in [0, 0.05) is 34.4 Å². The average molecular weight is 328 g/mol. The summed E-state index contributed by atoms with van der Waals surface area (Å²) < 4.78 is 5.14. The van der Waals surface area contributed by atoms with Crippen LogP contribution in [-0.2, 0) is 4.79 Å². The fourth-order valence-corrected chi connectivity index (χ4v) is 3.20. The number of hydrogen-bond donors (Lipinski definition) is 2. The number of amides is 2. The van der Waals surface area contributed by atoms with Crippen LogP contribution in [0.5, 0.6) is 5.75 Å². The Morgan fingerprint density at radius 3 is 2.96 bits per heavy atom. The van der Waals surface area contributed by atoms with E-state index in [9.17, 15) is 9.59 Å². The molecule has 0 atom stereocenters. The van der Waals surface area contributed by atoms with Crippen LogP contribution < -0.4 is 15.4 Å². The molecule has 3 rings (SSSR count). The predicted molar refractivity (Wildman–Crippen MR) is 91.4 cm³/mol. The minimum Gasteiger partial charge on any atom is -0.497 e. The first-order valence-corrected chi connectivity index (χ1v) is 8.16. The van der Waals surface area contributed by atoms with Crippen molar-refractivity contribution >= 4 is 35.0 Å². The van der Waals surface area contributed by atoms with Gasteiger partial charge in [-0.05, 0) is 30.3 Å². The Bertz CT molecular complexity index is 761. The Morgan fingerprint density at radius 1 is 1.26 bits per heavy atom. The van der Waals surface area contributed by atoms with Crippen LogP contribution in [0, 0.1) is 0 Å². The van der Waals surface area contributed by atoms with Gasteiger partial charge in [-0.3, -0.25) is 9.59 Å². The second kappa shape index (κ2) is 6.75. The average Bonchev–Trinajstić information content (AvgIpc) is 2.74. The molecule has 0 fully saturated rings. The zero-order chi connectivity index (χ0) is 16.2. The molecule has 1 aliphatic rings. The number of nitrogens with one attached hydrogen (secondary N) is 2. The number of carbonyl (C=O) groups is 2. The molecular formula is C17H16N2O3S. The Morgan fingerprint density at radius 2 is 2.13 bits per heavy atom. The zero-order valence-corrected chi connectivity index (χ0v) is 13.4. The first-order chi connectivity index (χ1) is 11.2. The van der Waals surface area contributed by atoms with Gasteiger partial charge in [0.1, 0.15) is 5.75 Å². The van der Waals surface area contributed by atoms with Gasteiger partial charge in [0.15, 0.2) is 0 Å². The second-order valence-electron chi connectivity index (χ2n) is 5.04. The van der Waals surface area contributed by atoms with Crippen molar-refractivity contribution in [1.82, 2.24) is 0 Å². The van der Waals surface area contributed by atoms with Gasteiger partial charge in [-0.2, -0.15) is 0 Å². The van der Waals surface area contributed by atoms with Crippen molar-refractivity contribution in [2.45, 2.75) is 11.3 Å². The molecule has 0 aromatic heterocycles. The summed E-state index contributed by atoms with van der Waals surface area (Å²) in [6, 6.07) is 12.5. The number of carbonyl (C=O) groups excluding carboxylic acids is 2. The number of ether oxygens (including phenoxy) is 1. The van der Waals surface area contributed by atoms with E-state index in [0.29, 0.717) is 29.1 Å². The molecule has 2 aromatic carbocycles. The first kappa shape index (κ1) is 15.4. The number of anilines is 2. The Hall–Kier alpha value is -2.47. The Labute approximate surface area is 138 Å². The third-order valence-electron chi connectivity index (χ3n) is 3.43. The molecule has 5 nitrogen and oxygen atoms in total. The Kier molecular flexibility index (Phi) is 4.52. The third kappa shape index (κ3) is 3.65. The lowest BCUT2D eigenvalue weighted by Crippen LogP contribution is -2.14. The van der Waals surface area contributed by atoms with E-state index >= 15 is 0 Å². The fourth-order valence-electron chi connectivity index (χ4n) is 2.27. The van der Waals surface area contributed by atoms with Gasteiger partial charge < -0.3 is 15.4 Å². The molecule has 0 saturated heterocycles. The van der Waals surface area contributed by atoms with Crippen LogP contribution in [0.1, 0.15) is 16.8 Å². The van der Waals surface area contributed by atoms with Crippen molar-refractivity contribution in [1.29, 1.82) is 0 Å². The highest BCUT2D eigenvalue weighted by Crippen LogP contribution is 2.31. The van der Waals surface area contributed by atoms with E-state index < -0.39 is 0 Å². The third-order valence-corrected chi connectivity index (χ3v) is 4.51. The summed E-state index contributed by atoms with van der Waals surface area (Å²) >= 11 is 1.61. The van der Waals surface area contributed by atoms with Gasteiger partial charge in [0.2, 0.25) is 5.91 Å². The van der Waals surface area contributed by atoms with Crippen LogP contribution in [0.2, 0.25) is 0 Å². The van der Waals surface area contributed by atoms with Crippen LogP contribution in [-0.4, -0.2) is 24.7 Å². The van der Waals surface area contributed by atoms with Crippen molar-refractivity contribution < 1.29 is 14.3 Å². The number of methoxy groups -OCH3 is 1. The molecule has 1 aliphatic heterocycles. The van der Waals surface area contributed by atoms with E-state index in [1.54, 1.807) is 43.1 Å². The maximum Gasteiger partial charge on any atom is 0.255 e. The van der Waals surface area contributed by atoms with Crippen LogP contribution in [0.3, 0.4) is 0 Å². The quantitative estimate of drug-likeness (QED) is 0.906. The SMILES string of the molecule is COc1cccc(NC(=O)c2ccc3c(c2)NC(=O)CCS3)c1. The van der Waals surface area contributed by atoms with E-state index in [-0.39, 0.29) is 11.8 Å². The maximum atomic E-state index is 12.4. The Balaban J connectivity index is 1.81. The van der Waals surface area contributed by atoms with Crippen LogP contribution >= 0.6 is 11.8 Å². The van der Waals surface area contributed by atoms with Gasteiger partial charge in [-0.15, -0.1) is 11.8 Å². The van der Waals surface area contributed by atoms with Crippen molar-refractivity contribution in [3.05, 3.63) is 48.0 Å². The van der Waals surface area contributed by atoms with E-state index in [4.69, 9.17) is 4.74 Å². The molecule has 6 heteroatoms. The van der Waals surface area contributed by atoms with Crippen molar-refractivity contribution in [2.24, 2.45) is 0 Å². The van der Waals surface area contributed by atoms with Gasteiger partial charge in [0.05, 0.1) is 12.8 Å². The number of fused-ring (bicyclic) bond motifs is 1. The van der Waals surface area contributed by atoms with Crippen LogP contribution in [0.25, 0.3) is 0 Å². The van der Waals surface area contributed by atoms with E-state index in [2.05, 4.69) is 10.6 Å². The summed E-state index contributed by atoms with van der Waals surface area (Å²) in [5, 5.41) is 5.67. The summed E-state index contributed by atoms with van der Waals surface area (Å²) in [4.78, 5) is 25.0. The van der Waals surface area contributed by atoms with Gasteiger partial charge in [-0.25, -0.2) is 0 Å². The highest BCUT2D eigenvalue weighted by molar-refractivity contribution is 7.99. The fraction of sp³-hybridized carbons (Fsp3) is 0.176. The molecule has 2 N–H and O–H groups in total. The van der Waals surface area contributed by atoms with Crippen molar-refractivity contribution in [2.75, 3.05) is 23.5 Å². The largest absolute Gasteiger partial charge is 0.497 e. The topological polar surface area (TPSA) is 67.4 Å². The van der Waals surface area contributed by atoms with Crippen LogP contribution in [0.15, 0.2) is 47.4 Å². The minimum absolute atomic E-state index is 0.0263. The molecule has 2 amide bonds. The first-order valence-electron chi connectivity index (χ1n) is 7.18. The minimum atomic E-state index is -0.232. The number of rotatable bonds is 3. The lowest BCUT2D eigenvalue weighted by Gasteiger charge is -2.10. The monoisotopic (exact) mass is 328 g/mol. The molecule has 0 bridgehead atoms. The summed E-state index contributed by atoms with van der Waals surface area (Å²) in [6.07, 6.45) is 0.477. The highest BCUT2D eigenvalue weighted by atomic mass is 32.2. The molecule has 0 aliphatic carbocycles. The molecule has 0 unspecified atom stereocenters. The lowest BCUT2D eigenvalue weighted by atomic mass is 10.1. The lowest BCUT2D eigenvalue weighted by molar-refractivity contribution is -0.115. The van der Waals surface area contributed by atoms with Gasteiger partial charge in [0.25, 0.3) is 5.91 Å². The molecular weight excluding hydrogens is 312 g/mol.